The van der Waals surface area contributed by atoms with Crippen LogP contribution in [-0.2, 0) is 23.0 Å². The van der Waals surface area contributed by atoms with Crippen molar-refractivity contribution in [2.75, 3.05) is 22.4 Å². The quantitative estimate of drug-likeness (QED) is 0.897. The van der Waals surface area contributed by atoms with E-state index in [4.69, 9.17) is 0 Å². The van der Waals surface area contributed by atoms with Crippen molar-refractivity contribution in [2.24, 2.45) is 0 Å². The molecule has 6 nitrogen and oxygen atoms in total. The number of hydrogen-bond donors (Lipinski definition) is 2. The molecule has 0 fully saturated rings. The van der Waals surface area contributed by atoms with Crippen LogP contribution in [0.1, 0.15) is 11.3 Å². The van der Waals surface area contributed by atoms with Crippen LogP contribution in [0.25, 0.3) is 0 Å². The molecular weight excluding hydrogens is 295 g/mol. The molecule has 8 heteroatoms. The van der Waals surface area contributed by atoms with E-state index >= 15 is 0 Å². The Kier molecular flexibility index (Phi) is 3.32. The standard InChI is InChI=1S/C13H15FN4O2S/c1-21(19,20)17-12-5-13-9(4-11(12)14)2-3-18(13)7-10-6-15-8-16-10/h4-6,8,17H,2-3,7H2,1H3,(H,15,16). The van der Waals surface area contributed by atoms with E-state index in [1.807, 2.05) is 0 Å². The first-order valence-electron chi connectivity index (χ1n) is 6.45. The second-order valence-corrected chi connectivity index (χ2v) is 6.83. The zero-order valence-corrected chi connectivity index (χ0v) is 12.2. The molecule has 0 aliphatic carbocycles. The van der Waals surface area contributed by atoms with Crippen molar-refractivity contribution >= 4 is 21.4 Å². The molecule has 2 aromatic rings. The van der Waals surface area contributed by atoms with E-state index in [2.05, 4.69) is 19.6 Å². The lowest BCUT2D eigenvalue weighted by molar-refractivity contribution is 0.603. The van der Waals surface area contributed by atoms with Crippen LogP contribution in [0.5, 0.6) is 0 Å². The smallest absolute Gasteiger partial charge is 0.229 e. The molecule has 0 radical (unpaired) electrons. The third-order valence-electron chi connectivity index (χ3n) is 3.37. The number of anilines is 2. The minimum absolute atomic E-state index is 0.0206. The highest BCUT2D eigenvalue weighted by atomic mass is 32.2. The zero-order chi connectivity index (χ0) is 15.0. The maximum Gasteiger partial charge on any atom is 0.229 e. The van der Waals surface area contributed by atoms with Gasteiger partial charge >= 0.3 is 0 Å². The fraction of sp³-hybridized carbons (Fsp3) is 0.308. The van der Waals surface area contributed by atoms with Crippen molar-refractivity contribution in [3.8, 4) is 0 Å². The molecule has 1 aromatic heterocycles. The molecular formula is C13H15FN4O2S. The van der Waals surface area contributed by atoms with Crippen molar-refractivity contribution in [3.05, 3.63) is 41.7 Å². The number of benzene rings is 1. The van der Waals surface area contributed by atoms with Crippen LogP contribution in [0.15, 0.2) is 24.7 Å². The average Bonchev–Trinajstić information content (AvgIpc) is 3.00. The van der Waals surface area contributed by atoms with Gasteiger partial charge in [0.05, 0.1) is 30.5 Å². The van der Waals surface area contributed by atoms with E-state index in [-0.39, 0.29) is 5.69 Å². The van der Waals surface area contributed by atoms with E-state index in [1.54, 1.807) is 18.6 Å². The van der Waals surface area contributed by atoms with Crippen LogP contribution in [0, 0.1) is 5.82 Å². The molecule has 0 spiro atoms. The molecule has 21 heavy (non-hydrogen) atoms. The number of aromatic amines is 1. The normalized spacial score (nSPS) is 14.3. The summed E-state index contributed by atoms with van der Waals surface area (Å²) in [6.07, 6.45) is 5.08. The highest BCUT2D eigenvalue weighted by Crippen LogP contribution is 2.33. The summed E-state index contributed by atoms with van der Waals surface area (Å²) < 4.78 is 38.7. The van der Waals surface area contributed by atoms with Crippen LogP contribution in [0.2, 0.25) is 0 Å². The third-order valence-corrected chi connectivity index (χ3v) is 3.96. The second kappa shape index (κ2) is 5.03. The number of aromatic nitrogens is 2. The molecule has 112 valence electrons. The zero-order valence-electron chi connectivity index (χ0n) is 11.4. The van der Waals surface area contributed by atoms with Crippen molar-refractivity contribution < 1.29 is 12.8 Å². The van der Waals surface area contributed by atoms with Crippen molar-refractivity contribution in [2.45, 2.75) is 13.0 Å². The Balaban J connectivity index is 1.92. The van der Waals surface area contributed by atoms with Crippen LogP contribution in [0.4, 0.5) is 15.8 Å². The number of H-pyrrole nitrogens is 1. The van der Waals surface area contributed by atoms with Crippen molar-refractivity contribution in [3.63, 3.8) is 0 Å². The number of imidazole rings is 1. The molecule has 1 aliphatic rings. The summed E-state index contributed by atoms with van der Waals surface area (Å²) in [5.74, 6) is -0.553. The maximum absolute atomic E-state index is 13.9. The lowest BCUT2D eigenvalue weighted by Gasteiger charge is -2.19. The minimum atomic E-state index is -3.51. The van der Waals surface area contributed by atoms with Crippen molar-refractivity contribution in [1.29, 1.82) is 0 Å². The highest BCUT2D eigenvalue weighted by Gasteiger charge is 2.22. The largest absolute Gasteiger partial charge is 0.365 e. The molecule has 2 N–H and O–H groups in total. The van der Waals surface area contributed by atoms with Gasteiger partial charge in [-0.1, -0.05) is 0 Å². The summed E-state index contributed by atoms with van der Waals surface area (Å²) in [6.45, 7) is 1.38. The lowest BCUT2D eigenvalue weighted by Crippen LogP contribution is -2.20. The minimum Gasteiger partial charge on any atom is -0.365 e. The van der Waals surface area contributed by atoms with Gasteiger partial charge in [0.15, 0.2) is 0 Å². The fourth-order valence-corrected chi connectivity index (χ4v) is 3.05. The number of halogens is 1. The van der Waals surface area contributed by atoms with E-state index in [0.29, 0.717) is 6.54 Å². The Morgan fingerprint density at radius 2 is 2.29 bits per heavy atom. The molecule has 1 aliphatic heterocycles. The van der Waals surface area contributed by atoms with Gasteiger partial charge in [0.1, 0.15) is 5.82 Å². The second-order valence-electron chi connectivity index (χ2n) is 5.08. The third kappa shape index (κ3) is 2.99. The summed E-state index contributed by atoms with van der Waals surface area (Å²) >= 11 is 0. The summed E-state index contributed by atoms with van der Waals surface area (Å²) in [4.78, 5) is 9.05. The number of nitrogens with zero attached hydrogens (tertiary/aromatic N) is 2. The topological polar surface area (TPSA) is 78.1 Å². The first kappa shape index (κ1) is 13.9. The molecule has 2 heterocycles. The lowest BCUT2D eigenvalue weighted by atomic mass is 10.1. The molecule has 0 unspecified atom stereocenters. The summed E-state index contributed by atoms with van der Waals surface area (Å²) in [5, 5.41) is 0. The molecule has 0 atom stereocenters. The molecule has 3 rings (SSSR count). The highest BCUT2D eigenvalue weighted by molar-refractivity contribution is 7.92. The van der Waals surface area contributed by atoms with Gasteiger partial charge in [-0.3, -0.25) is 4.72 Å². The Morgan fingerprint density at radius 3 is 2.95 bits per heavy atom. The van der Waals surface area contributed by atoms with E-state index < -0.39 is 15.8 Å². The fourth-order valence-electron chi connectivity index (χ4n) is 2.49. The maximum atomic E-state index is 13.9. The predicted octanol–water partition coefficient (Wildman–Crippen LogP) is 1.48. The monoisotopic (exact) mass is 310 g/mol. The number of rotatable bonds is 4. The first-order chi connectivity index (χ1) is 9.92. The Bertz CT molecular complexity index is 759. The Labute approximate surface area is 122 Å². The van der Waals surface area contributed by atoms with Crippen LogP contribution in [0.3, 0.4) is 0 Å². The van der Waals surface area contributed by atoms with Gasteiger partial charge in [0, 0.05) is 18.4 Å². The summed E-state index contributed by atoms with van der Waals surface area (Å²) in [5.41, 5.74) is 2.65. The number of fused-ring (bicyclic) bond motifs is 1. The van der Waals surface area contributed by atoms with Crippen LogP contribution < -0.4 is 9.62 Å². The van der Waals surface area contributed by atoms with Crippen molar-refractivity contribution in [1.82, 2.24) is 9.97 Å². The molecule has 0 bridgehead atoms. The number of hydrogen-bond acceptors (Lipinski definition) is 4. The van der Waals surface area contributed by atoms with Gasteiger partial charge in [0.25, 0.3) is 0 Å². The molecule has 0 saturated carbocycles. The Hall–Kier alpha value is -2.09. The van der Waals surface area contributed by atoms with Gasteiger partial charge in [-0.05, 0) is 24.1 Å². The van der Waals surface area contributed by atoms with Gasteiger partial charge in [0.2, 0.25) is 10.0 Å². The van der Waals surface area contributed by atoms with Gasteiger partial charge in [-0.25, -0.2) is 17.8 Å². The van der Waals surface area contributed by atoms with E-state index in [1.165, 1.54) is 6.07 Å². The first-order valence-corrected chi connectivity index (χ1v) is 8.34. The number of sulfonamides is 1. The van der Waals surface area contributed by atoms with Gasteiger partial charge in [-0.15, -0.1) is 0 Å². The SMILES string of the molecule is CS(=O)(=O)Nc1cc2c(cc1F)CCN2Cc1cnc[nH]1. The molecule has 0 amide bonds. The average molecular weight is 310 g/mol. The summed E-state index contributed by atoms with van der Waals surface area (Å²) in [6, 6.07) is 2.95. The predicted molar refractivity (Wildman–Crippen MR) is 78.2 cm³/mol. The van der Waals surface area contributed by atoms with Crippen LogP contribution >= 0.6 is 0 Å². The van der Waals surface area contributed by atoms with Gasteiger partial charge < -0.3 is 9.88 Å². The summed E-state index contributed by atoms with van der Waals surface area (Å²) in [7, 11) is -3.51. The Morgan fingerprint density at radius 1 is 1.48 bits per heavy atom. The molecule has 0 saturated heterocycles. The van der Waals surface area contributed by atoms with Crippen LogP contribution in [-0.4, -0.2) is 31.2 Å². The van der Waals surface area contributed by atoms with Gasteiger partial charge in [-0.2, -0.15) is 0 Å². The number of nitrogens with one attached hydrogen (secondary N) is 2. The van der Waals surface area contributed by atoms with E-state index in [9.17, 15) is 12.8 Å². The van der Waals surface area contributed by atoms with E-state index in [0.717, 1.165) is 36.2 Å². The molecule has 1 aromatic carbocycles.